The lowest BCUT2D eigenvalue weighted by molar-refractivity contribution is -0.123. The lowest BCUT2D eigenvalue weighted by Crippen LogP contribution is -2.33. The summed E-state index contributed by atoms with van der Waals surface area (Å²) in [5.41, 5.74) is 0.126. The lowest BCUT2D eigenvalue weighted by atomic mass is 10.3. The first-order valence-electron chi connectivity index (χ1n) is 4.45. The summed E-state index contributed by atoms with van der Waals surface area (Å²) < 4.78 is 35.5. The Hall–Kier alpha value is -1.52. The number of thiophene rings is 1. The second-order valence-electron chi connectivity index (χ2n) is 2.96. The highest BCUT2D eigenvalue weighted by atomic mass is 32.1. The Labute approximate surface area is 99.3 Å². The van der Waals surface area contributed by atoms with E-state index >= 15 is 0 Å². The van der Waals surface area contributed by atoms with E-state index in [2.05, 4.69) is 11.8 Å². The predicted molar refractivity (Wildman–Crippen MR) is 56.7 cm³/mol. The van der Waals surface area contributed by atoms with Gasteiger partial charge in [-0.05, 0) is 6.07 Å². The topological polar surface area (TPSA) is 49.3 Å². The number of alkyl halides is 3. The van der Waals surface area contributed by atoms with Gasteiger partial charge in [0.2, 0.25) is 0 Å². The summed E-state index contributed by atoms with van der Waals surface area (Å²) in [6.45, 7) is -1.67. The van der Waals surface area contributed by atoms with Gasteiger partial charge in [-0.3, -0.25) is 4.79 Å². The smallest absolute Gasteiger partial charge is 0.384 e. The van der Waals surface area contributed by atoms with Crippen LogP contribution in [0.4, 0.5) is 13.2 Å². The summed E-state index contributed by atoms with van der Waals surface area (Å²) in [6, 6.07) is 1.37. The number of rotatable bonds is 2. The quantitative estimate of drug-likeness (QED) is 0.792. The van der Waals surface area contributed by atoms with Gasteiger partial charge in [-0.25, -0.2) is 0 Å². The molecule has 1 heterocycles. The van der Waals surface area contributed by atoms with E-state index in [0.717, 1.165) is 11.3 Å². The fourth-order valence-corrected chi connectivity index (χ4v) is 1.69. The van der Waals surface area contributed by atoms with Crippen molar-refractivity contribution >= 4 is 17.2 Å². The molecule has 0 spiro atoms. The number of amides is 1. The van der Waals surface area contributed by atoms with E-state index < -0.39 is 18.6 Å². The lowest BCUT2D eigenvalue weighted by Gasteiger charge is -2.06. The molecule has 7 heteroatoms. The fraction of sp³-hybridized carbons (Fsp3) is 0.300. The minimum absolute atomic E-state index is 0.126. The molecule has 3 nitrogen and oxygen atoms in total. The zero-order chi connectivity index (χ0) is 12.9. The predicted octanol–water partition coefficient (Wildman–Crippen LogP) is 1.38. The van der Waals surface area contributed by atoms with Crippen molar-refractivity contribution in [2.45, 2.75) is 6.18 Å². The second kappa shape index (κ2) is 5.70. The van der Waals surface area contributed by atoms with E-state index in [-0.39, 0.29) is 12.2 Å². The van der Waals surface area contributed by atoms with Crippen LogP contribution < -0.4 is 5.32 Å². The van der Waals surface area contributed by atoms with Crippen molar-refractivity contribution in [1.29, 1.82) is 0 Å². The van der Waals surface area contributed by atoms with Crippen LogP contribution in [-0.2, 0) is 0 Å². The van der Waals surface area contributed by atoms with Crippen LogP contribution in [0.5, 0.6) is 0 Å². The Balaban J connectivity index is 2.61. The Morgan fingerprint density at radius 1 is 1.53 bits per heavy atom. The minimum atomic E-state index is -4.43. The molecule has 1 aromatic rings. The highest BCUT2D eigenvalue weighted by Crippen LogP contribution is 2.15. The Morgan fingerprint density at radius 3 is 2.82 bits per heavy atom. The van der Waals surface area contributed by atoms with Gasteiger partial charge in [0.25, 0.3) is 5.91 Å². The molecule has 0 aliphatic rings. The average Bonchev–Trinajstić information content (AvgIpc) is 2.70. The van der Waals surface area contributed by atoms with Gasteiger partial charge in [-0.1, -0.05) is 11.8 Å². The molecule has 0 aliphatic carbocycles. The zero-order valence-electron chi connectivity index (χ0n) is 8.47. The Kier molecular flexibility index (Phi) is 4.54. The molecular weight excluding hydrogens is 255 g/mol. The molecule has 92 valence electrons. The van der Waals surface area contributed by atoms with Crippen molar-refractivity contribution in [2.24, 2.45) is 0 Å². The van der Waals surface area contributed by atoms with E-state index in [0.29, 0.717) is 4.88 Å². The highest BCUT2D eigenvalue weighted by molar-refractivity contribution is 7.10. The van der Waals surface area contributed by atoms with Gasteiger partial charge in [0.05, 0.1) is 10.4 Å². The van der Waals surface area contributed by atoms with Crippen LogP contribution in [0, 0.1) is 11.8 Å². The summed E-state index contributed by atoms with van der Waals surface area (Å²) in [6.07, 6.45) is -4.43. The minimum Gasteiger partial charge on any atom is -0.384 e. The number of carbonyl (C=O) groups excluding carboxylic acids is 1. The number of hydrogen-bond donors (Lipinski definition) is 2. The SMILES string of the molecule is O=C(NCC(F)(F)F)c1csc(C#CCO)c1. The molecule has 0 radical (unpaired) electrons. The molecule has 1 rings (SSSR count). The van der Waals surface area contributed by atoms with E-state index in [9.17, 15) is 18.0 Å². The van der Waals surface area contributed by atoms with Crippen molar-refractivity contribution in [3.05, 3.63) is 21.9 Å². The molecule has 17 heavy (non-hydrogen) atoms. The first-order valence-corrected chi connectivity index (χ1v) is 5.33. The average molecular weight is 263 g/mol. The molecule has 0 aromatic carbocycles. The standard InChI is InChI=1S/C10H8F3NO2S/c11-10(12,13)6-14-9(16)7-4-8(17-5-7)2-1-3-15/h4-5,15H,3,6H2,(H,14,16). The fourth-order valence-electron chi connectivity index (χ4n) is 0.930. The van der Waals surface area contributed by atoms with Crippen LogP contribution in [0.25, 0.3) is 0 Å². The maximum absolute atomic E-state index is 11.8. The van der Waals surface area contributed by atoms with Crippen molar-refractivity contribution in [3.8, 4) is 11.8 Å². The summed E-state index contributed by atoms with van der Waals surface area (Å²) in [7, 11) is 0. The molecule has 0 unspecified atom stereocenters. The second-order valence-corrected chi connectivity index (χ2v) is 3.87. The van der Waals surface area contributed by atoms with Crippen molar-refractivity contribution in [2.75, 3.05) is 13.2 Å². The largest absolute Gasteiger partial charge is 0.405 e. The van der Waals surface area contributed by atoms with Crippen LogP contribution in [0.3, 0.4) is 0 Å². The molecule has 0 atom stereocenters. The zero-order valence-corrected chi connectivity index (χ0v) is 9.28. The maximum Gasteiger partial charge on any atom is 0.405 e. The van der Waals surface area contributed by atoms with Crippen LogP contribution >= 0.6 is 11.3 Å². The molecule has 0 saturated heterocycles. The van der Waals surface area contributed by atoms with Gasteiger partial charge in [-0.2, -0.15) is 13.2 Å². The van der Waals surface area contributed by atoms with Crippen LogP contribution in [0.1, 0.15) is 15.2 Å². The van der Waals surface area contributed by atoms with Crippen LogP contribution in [-0.4, -0.2) is 30.3 Å². The van der Waals surface area contributed by atoms with Crippen molar-refractivity contribution in [1.82, 2.24) is 5.32 Å². The number of aliphatic hydroxyl groups is 1. The number of nitrogens with one attached hydrogen (secondary N) is 1. The summed E-state index contributed by atoms with van der Waals surface area (Å²) >= 11 is 1.12. The van der Waals surface area contributed by atoms with Crippen molar-refractivity contribution in [3.63, 3.8) is 0 Å². The molecule has 1 aromatic heterocycles. The molecule has 1 amide bonds. The van der Waals surface area contributed by atoms with Gasteiger partial charge in [0.15, 0.2) is 0 Å². The molecular formula is C10H8F3NO2S. The number of halogens is 3. The van der Waals surface area contributed by atoms with Crippen LogP contribution in [0.15, 0.2) is 11.4 Å². The maximum atomic E-state index is 11.8. The Bertz CT molecular complexity index is 456. The molecule has 0 aliphatic heterocycles. The summed E-state index contributed by atoms with van der Waals surface area (Å²) in [4.78, 5) is 11.8. The van der Waals surface area contributed by atoms with Gasteiger partial charge in [-0.15, -0.1) is 11.3 Å². The summed E-state index contributed by atoms with van der Waals surface area (Å²) in [5, 5.41) is 11.6. The van der Waals surface area contributed by atoms with Gasteiger partial charge in [0.1, 0.15) is 13.2 Å². The van der Waals surface area contributed by atoms with E-state index in [1.807, 2.05) is 0 Å². The Morgan fingerprint density at radius 2 is 2.24 bits per heavy atom. The third-order valence-electron chi connectivity index (χ3n) is 1.60. The molecule has 0 saturated carbocycles. The van der Waals surface area contributed by atoms with Gasteiger partial charge in [0, 0.05) is 5.38 Å². The normalized spacial score (nSPS) is 10.6. The monoisotopic (exact) mass is 263 g/mol. The van der Waals surface area contributed by atoms with Gasteiger partial charge < -0.3 is 10.4 Å². The molecule has 0 bridgehead atoms. The van der Waals surface area contributed by atoms with E-state index in [4.69, 9.17) is 5.11 Å². The van der Waals surface area contributed by atoms with Crippen molar-refractivity contribution < 1.29 is 23.1 Å². The molecule has 0 fully saturated rings. The third kappa shape index (κ3) is 4.89. The number of hydrogen-bond acceptors (Lipinski definition) is 3. The number of carbonyl (C=O) groups is 1. The first kappa shape index (κ1) is 13.5. The van der Waals surface area contributed by atoms with Crippen LogP contribution in [0.2, 0.25) is 0 Å². The third-order valence-corrected chi connectivity index (χ3v) is 2.45. The summed E-state index contributed by atoms with van der Waals surface area (Å²) in [5.74, 6) is 4.14. The highest BCUT2D eigenvalue weighted by Gasteiger charge is 2.27. The van der Waals surface area contributed by atoms with Gasteiger partial charge >= 0.3 is 6.18 Å². The van der Waals surface area contributed by atoms with E-state index in [1.54, 1.807) is 5.32 Å². The van der Waals surface area contributed by atoms with E-state index in [1.165, 1.54) is 11.4 Å². The first-order chi connectivity index (χ1) is 7.92. The number of aliphatic hydroxyl groups excluding tert-OH is 1. The molecule has 2 N–H and O–H groups in total.